The van der Waals surface area contributed by atoms with E-state index in [0.29, 0.717) is 36.2 Å². The molecule has 7 nitrogen and oxygen atoms in total. The van der Waals surface area contributed by atoms with Crippen LogP contribution in [0.25, 0.3) is 0 Å². The predicted octanol–water partition coefficient (Wildman–Crippen LogP) is 3.09. The van der Waals surface area contributed by atoms with E-state index in [2.05, 4.69) is 16.6 Å². The topological polar surface area (TPSA) is 95.6 Å². The third-order valence-corrected chi connectivity index (χ3v) is 6.68. The molecule has 1 saturated heterocycles. The molecule has 1 aliphatic heterocycles. The van der Waals surface area contributed by atoms with E-state index in [0.717, 1.165) is 17.5 Å². The molecule has 0 spiro atoms. The Morgan fingerprint density at radius 1 is 1.11 bits per heavy atom. The van der Waals surface area contributed by atoms with Crippen LogP contribution in [0.5, 0.6) is 0 Å². The largest absolute Gasteiger partial charge is 0.416 e. The van der Waals surface area contributed by atoms with Gasteiger partial charge < -0.3 is 10.2 Å². The molecule has 1 heterocycles. The lowest BCUT2D eigenvalue weighted by Gasteiger charge is -2.17. The van der Waals surface area contributed by atoms with Crippen molar-refractivity contribution in [1.82, 2.24) is 14.9 Å². The van der Waals surface area contributed by atoms with Gasteiger partial charge in [-0.2, -0.15) is 13.2 Å². The molecule has 0 aromatic heterocycles. The van der Waals surface area contributed by atoms with Crippen LogP contribution in [0, 0.1) is 5.92 Å². The van der Waals surface area contributed by atoms with Gasteiger partial charge in [0.1, 0.15) is 0 Å². The van der Waals surface area contributed by atoms with E-state index in [1.54, 1.807) is 29.2 Å². The van der Waals surface area contributed by atoms with Crippen molar-refractivity contribution in [2.45, 2.75) is 25.6 Å². The van der Waals surface area contributed by atoms with Gasteiger partial charge in [0.15, 0.2) is 0 Å². The number of nitrogens with zero attached hydrogens (tertiary/aromatic N) is 1. The van der Waals surface area contributed by atoms with Crippen LogP contribution in [0.2, 0.25) is 0 Å². The number of likely N-dealkylation sites (tertiary alicyclic amines) is 1. The molecule has 2 N–H and O–H groups in total. The maximum absolute atomic E-state index is 12.9. The Bertz CT molecular complexity index is 1180. The molecule has 35 heavy (non-hydrogen) atoms. The molecule has 2 aromatic carbocycles. The van der Waals surface area contributed by atoms with Crippen LogP contribution >= 0.6 is 0 Å². The molecule has 0 saturated carbocycles. The molecule has 1 atom stereocenters. The van der Waals surface area contributed by atoms with Gasteiger partial charge in [0.25, 0.3) is 5.91 Å². The summed E-state index contributed by atoms with van der Waals surface area (Å²) in [6.45, 7) is 4.46. The van der Waals surface area contributed by atoms with Crippen molar-refractivity contribution >= 4 is 21.8 Å². The molecule has 0 bridgehead atoms. The van der Waals surface area contributed by atoms with Crippen molar-refractivity contribution in [2.75, 3.05) is 19.6 Å². The number of alkyl halides is 3. The fraction of sp³-hybridized carbons (Fsp3) is 0.333. The summed E-state index contributed by atoms with van der Waals surface area (Å²) in [6.07, 6.45) is -3.74. The smallest absolute Gasteiger partial charge is 0.352 e. The lowest BCUT2D eigenvalue weighted by atomic mass is 10.1. The van der Waals surface area contributed by atoms with Crippen LogP contribution < -0.4 is 10.0 Å². The van der Waals surface area contributed by atoms with Gasteiger partial charge in [0.2, 0.25) is 15.9 Å². The lowest BCUT2D eigenvalue weighted by Crippen LogP contribution is -2.32. The Morgan fingerprint density at radius 2 is 1.83 bits per heavy atom. The monoisotopic (exact) mass is 509 g/mol. The van der Waals surface area contributed by atoms with Gasteiger partial charge in [-0.3, -0.25) is 9.59 Å². The summed E-state index contributed by atoms with van der Waals surface area (Å²) < 4.78 is 63.4. The van der Waals surface area contributed by atoms with Gasteiger partial charge in [-0.25, -0.2) is 13.1 Å². The highest BCUT2D eigenvalue weighted by Crippen LogP contribution is 2.29. The third kappa shape index (κ3) is 7.66. The van der Waals surface area contributed by atoms with Gasteiger partial charge in [-0.05, 0) is 47.7 Å². The Morgan fingerprint density at radius 3 is 2.49 bits per heavy atom. The van der Waals surface area contributed by atoms with Crippen molar-refractivity contribution in [3.05, 3.63) is 82.8 Å². The lowest BCUT2D eigenvalue weighted by molar-refractivity contribution is -0.137. The zero-order valence-electron chi connectivity index (χ0n) is 18.8. The van der Waals surface area contributed by atoms with Crippen LogP contribution in [0.1, 0.15) is 33.5 Å². The molecule has 2 amide bonds. The normalized spacial score (nSPS) is 16.2. The Balaban J connectivity index is 1.51. The van der Waals surface area contributed by atoms with E-state index in [1.807, 2.05) is 0 Å². The third-order valence-electron chi connectivity index (χ3n) is 5.68. The molecule has 11 heteroatoms. The molecule has 3 rings (SSSR count). The number of benzene rings is 2. The molecule has 2 aromatic rings. The highest BCUT2D eigenvalue weighted by atomic mass is 32.2. The van der Waals surface area contributed by atoms with Crippen LogP contribution in [-0.2, 0) is 34.0 Å². The van der Waals surface area contributed by atoms with Gasteiger partial charge in [-0.1, -0.05) is 30.8 Å². The summed E-state index contributed by atoms with van der Waals surface area (Å²) in [4.78, 5) is 26.9. The summed E-state index contributed by atoms with van der Waals surface area (Å²) >= 11 is 0. The van der Waals surface area contributed by atoms with Crippen molar-refractivity contribution in [2.24, 2.45) is 5.92 Å². The maximum atomic E-state index is 12.9. The van der Waals surface area contributed by atoms with Crippen LogP contribution in [-0.4, -0.2) is 44.8 Å². The molecular formula is C24H26F3N3O4S. The number of nitrogens with one attached hydrogen (secondary N) is 2. The van der Waals surface area contributed by atoms with Crippen molar-refractivity contribution in [1.29, 1.82) is 0 Å². The number of carbonyl (C=O) groups excluding carboxylic acids is 2. The van der Waals surface area contributed by atoms with Gasteiger partial charge in [0, 0.05) is 37.2 Å². The van der Waals surface area contributed by atoms with Crippen LogP contribution in [0.15, 0.2) is 60.5 Å². The molecule has 0 radical (unpaired) electrons. The van der Waals surface area contributed by atoms with Crippen molar-refractivity contribution < 1.29 is 31.2 Å². The van der Waals surface area contributed by atoms with E-state index < -0.39 is 21.8 Å². The number of halogens is 3. The number of sulfonamides is 1. The summed E-state index contributed by atoms with van der Waals surface area (Å²) in [5.41, 5.74) is 0.825. The average molecular weight is 510 g/mol. The SMILES string of the molecule is C=CS(=O)(=O)NCC1CCN(C(=O)c2cccc(CC(=O)NCc3ccc(C(F)(F)F)cc3)c2)C1. The highest BCUT2D eigenvalue weighted by Gasteiger charge is 2.30. The van der Waals surface area contributed by atoms with E-state index >= 15 is 0 Å². The molecule has 0 aliphatic carbocycles. The van der Waals surface area contributed by atoms with E-state index in [4.69, 9.17) is 0 Å². The quantitative estimate of drug-likeness (QED) is 0.543. The summed E-state index contributed by atoms with van der Waals surface area (Å²) in [7, 11) is -3.52. The van der Waals surface area contributed by atoms with E-state index in [1.165, 1.54) is 12.1 Å². The average Bonchev–Trinajstić information content (AvgIpc) is 3.30. The standard InChI is InChI=1S/C24H26F3N3O4S/c1-2-35(33,34)29-15-19-10-11-30(16-19)23(32)20-5-3-4-18(12-20)13-22(31)28-14-17-6-8-21(9-7-17)24(25,26)27/h2-9,12,19,29H,1,10-11,13-16H2,(H,28,31). The number of hydrogen-bond donors (Lipinski definition) is 2. The molecular weight excluding hydrogens is 483 g/mol. The van der Waals surface area contributed by atoms with Crippen LogP contribution in [0.3, 0.4) is 0 Å². The fourth-order valence-electron chi connectivity index (χ4n) is 3.73. The molecule has 1 unspecified atom stereocenters. The van der Waals surface area contributed by atoms with Crippen LogP contribution in [0.4, 0.5) is 13.2 Å². The summed E-state index contributed by atoms with van der Waals surface area (Å²) in [6, 6.07) is 11.2. The Kier molecular flexibility index (Phi) is 8.34. The maximum Gasteiger partial charge on any atom is 0.416 e. The molecule has 1 aliphatic rings. The van der Waals surface area contributed by atoms with Gasteiger partial charge >= 0.3 is 6.18 Å². The van der Waals surface area contributed by atoms with E-state index in [-0.39, 0.29) is 37.2 Å². The fourth-order valence-corrected chi connectivity index (χ4v) is 4.32. The number of carbonyl (C=O) groups is 2. The first-order valence-electron chi connectivity index (χ1n) is 10.9. The van der Waals surface area contributed by atoms with Crippen molar-refractivity contribution in [3.63, 3.8) is 0 Å². The number of rotatable bonds is 9. The summed E-state index contributed by atoms with van der Waals surface area (Å²) in [5.74, 6) is -0.538. The molecule has 1 fully saturated rings. The Hall–Kier alpha value is -3.18. The Labute approximate surface area is 202 Å². The van der Waals surface area contributed by atoms with Gasteiger partial charge in [0.05, 0.1) is 12.0 Å². The second-order valence-electron chi connectivity index (χ2n) is 8.31. The second-order valence-corrected chi connectivity index (χ2v) is 10.0. The first-order chi connectivity index (χ1) is 16.5. The zero-order chi connectivity index (χ0) is 25.6. The highest BCUT2D eigenvalue weighted by molar-refractivity contribution is 7.92. The minimum absolute atomic E-state index is 0.00664. The minimum atomic E-state index is -4.41. The molecule has 188 valence electrons. The first kappa shape index (κ1) is 26.4. The summed E-state index contributed by atoms with van der Waals surface area (Å²) in [5, 5.41) is 3.51. The first-order valence-corrected chi connectivity index (χ1v) is 12.4. The minimum Gasteiger partial charge on any atom is -0.352 e. The van der Waals surface area contributed by atoms with Gasteiger partial charge in [-0.15, -0.1) is 0 Å². The number of hydrogen-bond acceptors (Lipinski definition) is 4. The van der Waals surface area contributed by atoms with E-state index in [9.17, 15) is 31.2 Å². The zero-order valence-corrected chi connectivity index (χ0v) is 19.7. The predicted molar refractivity (Wildman–Crippen MR) is 125 cm³/mol. The number of amides is 2. The second kappa shape index (κ2) is 11.0. The van der Waals surface area contributed by atoms with Crippen molar-refractivity contribution in [3.8, 4) is 0 Å².